The summed E-state index contributed by atoms with van der Waals surface area (Å²) >= 11 is 5.87. The van der Waals surface area contributed by atoms with E-state index in [1.807, 2.05) is 11.8 Å². The molecule has 1 aromatic rings. The van der Waals surface area contributed by atoms with Crippen molar-refractivity contribution in [3.63, 3.8) is 0 Å². The summed E-state index contributed by atoms with van der Waals surface area (Å²) in [6, 6.07) is 6.92. The number of carbonyl (C=O) groups is 2. The molecular formula is C19H27ClN4O2. The lowest BCUT2D eigenvalue weighted by molar-refractivity contribution is -0.132. The molecule has 142 valence electrons. The lowest BCUT2D eigenvalue weighted by atomic mass is 10.2. The number of likely N-dealkylation sites (tertiary alicyclic amines) is 1. The predicted octanol–water partition coefficient (Wildman–Crippen LogP) is 1.91. The Morgan fingerprint density at radius 1 is 1.04 bits per heavy atom. The predicted molar refractivity (Wildman–Crippen MR) is 103 cm³/mol. The number of nitrogens with one attached hydrogen (secondary N) is 1. The third kappa shape index (κ3) is 4.96. The highest BCUT2D eigenvalue weighted by Crippen LogP contribution is 2.15. The van der Waals surface area contributed by atoms with Crippen LogP contribution in [-0.4, -0.2) is 78.4 Å². The molecule has 0 radical (unpaired) electrons. The fourth-order valence-corrected chi connectivity index (χ4v) is 3.64. The molecule has 26 heavy (non-hydrogen) atoms. The van der Waals surface area contributed by atoms with Gasteiger partial charge in [-0.05, 0) is 44.0 Å². The first-order chi connectivity index (χ1) is 12.5. The zero-order valence-electron chi connectivity index (χ0n) is 15.3. The summed E-state index contributed by atoms with van der Waals surface area (Å²) in [4.78, 5) is 31.1. The summed E-state index contributed by atoms with van der Waals surface area (Å²) in [6.45, 7) is 7.46. The standard InChI is InChI=1S/C19H27ClN4O2/c1-15(19(26)21-17-6-4-16(20)5-7-17)23-12-10-22(11-13-23)14-18(25)24-8-2-3-9-24/h4-7,15H,2-3,8-14H2,1H3,(H,21,26)/t15-/m0/s1. The van der Waals surface area contributed by atoms with Crippen molar-refractivity contribution in [3.8, 4) is 0 Å². The second-order valence-electron chi connectivity index (χ2n) is 7.07. The van der Waals surface area contributed by atoms with Crippen LogP contribution in [0.4, 0.5) is 5.69 Å². The highest BCUT2D eigenvalue weighted by Gasteiger charge is 2.27. The number of halogens is 1. The number of nitrogens with zero attached hydrogens (tertiary/aromatic N) is 3. The Hall–Kier alpha value is -1.63. The Bertz CT molecular complexity index is 623. The molecule has 1 aromatic carbocycles. The molecule has 0 saturated carbocycles. The van der Waals surface area contributed by atoms with Crippen molar-refractivity contribution in [1.29, 1.82) is 0 Å². The number of hydrogen-bond donors (Lipinski definition) is 1. The molecule has 1 N–H and O–H groups in total. The largest absolute Gasteiger partial charge is 0.342 e. The van der Waals surface area contributed by atoms with E-state index in [0.29, 0.717) is 11.6 Å². The van der Waals surface area contributed by atoms with E-state index < -0.39 is 0 Å². The minimum atomic E-state index is -0.206. The number of amides is 2. The van der Waals surface area contributed by atoms with Crippen LogP contribution in [0.2, 0.25) is 5.02 Å². The molecule has 2 aliphatic rings. The molecular weight excluding hydrogens is 352 g/mol. The minimum Gasteiger partial charge on any atom is -0.342 e. The maximum absolute atomic E-state index is 12.5. The molecule has 2 aliphatic heterocycles. The molecule has 0 bridgehead atoms. The number of piperazine rings is 1. The van der Waals surface area contributed by atoms with Crippen LogP contribution in [0.25, 0.3) is 0 Å². The van der Waals surface area contributed by atoms with Crippen molar-refractivity contribution >= 4 is 29.1 Å². The molecule has 2 fully saturated rings. The van der Waals surface area contributed by atoms with E-state index in [1.54, 1.807) is 24.3 Å². The average Bonchev–Trinajstić information content (AvgIpc) is 3.18. The fourth-order valence-electron chi connectivity index (χ4n) is 3.51. The topological polar surface area (TPSA) is 55.9 Å². The lowest BCUT2D eigenvalue weighted by Gasteiger charge is -2.37. The molecule has 7 heteroatoms. The van der Waals surface area contributed by atoms with Gasteiger partial charge >= 0.3 is 0 Å². The van der Waals surface area contributed by atoms with E-state index in [9.17, 15) is 9.59 Å². The summed E-state index contributed by atoms with van der Waals surface area (Å²) in [5, 5.41) is 3.58. The molecule has 3 rings (SSSR count). The van der Waals surface area contributed by atoms with Gasteiger partial charge in [0.05, 0.1) is 12.6 Å². The van der Waals surface area contributed by atoms with Gasteiger partial charge in [-0.1, -0.05) is 11.6 Å². The first-order valence-electron chi connectivity index (χ1n) is 9.33. The van der Waals surface area contributed by atoms with Crippen LogP contribution in [-0.2, 0) is 9.59 Å². The van der Waals surface area contributed by atoms with Crippen LogP contribution >= 0.6 is 11.6 Å². The van der Waals surface area contributed by atoms with Gasteiger partial charge in [0.1, 0.15) is 0 Å². The van der Waals surface area contributed by atoms with Crippen LogP contribution in [0.5, 0.6) is 0 Å². The molecule has 2 heterocycles. The Balaban J connectivity index is 1.43. The van der Waals surface area contributed by atoms with Crippen molar-refractivity contribution in [2.45, 2.75) is 25.8 Å². The maximum Gasteiger partial charge on any atom is 0.241 e. The average molecular weight is 379 g/mol. The van der Waals surface area contributed by atoms with Gasteiger partial charge < -0.3 is 10.2 Å². The molecule has 6 nitrogen and oxygen atoms in total. The maximum atomic E-state index is 12.5. The molecule has 1 atom stereocenters. The van der Waals surface area contributed by atoms with Crippen molar-refractivity contribution in [2.75, 3.05) is 51.1 Å². The van der Waals surface area contributed by atoms with Crippen molar-refractivity contribution in [2.24, 2.45) is 0 Å². The van der Waals surface area contributed by atoms with E-state index in [-0.39, 0.29) is 17.9 Å². The van der Waals surface area contributed by atoms with E-state index in [4.69, 9.17) is 11.6 Å². The summed E-state index contributed by atoms with van der Waals surface area (Å²) in [7, 11) is 0. The molecule has 0 unspecified atom stereocenters. The van der Waals surface area contributed by atoms with E-state index in [0.717, 1.165) is 57.8 Å². The van der Waals surface area contributed by atoms with Crippen LogP contribution < -0.4 is 5.32 Å². The Labute approximate surface area is 160 Å². The van der Waals surface area contributed by atoms with Crippen LogP contribution in [0, 0.1) is 0 Å². The van der Waals surface area contributed by atoms with Crippen LogP contribution in [0.3, 0.4) is 0 Å². The highest BCUT2D eigenvalue weighted by atomic mass is 35.5. The van der Waals surface area contributed by atoms with Gasteiger partial charge in [0.25, 0.3) is 0 Å². The first-order valence-corrected chi connectivity index (χ1v) is 9.71. The Morgan fingerprint density at radius 3 is 2.27 bits per heavy atom. The van der Waals surface area contributed by atoms with Crippen molar-refractivity contribution in [1.82, 2.24) is 14.7 Å². The van der Waals surface area contributed by atoms with Crippen LogP contribution in [0.15, 0.2) is 24.3 Å². The lowest BCUT2D eigenvalue weighted by Crippen LogP contribution is -2.54. The minimum absolute atomic E-state index is 0.0195. The first kappa shape index (κ1) is 19.1. The second-order valence-corrected chi connectivity index (χ2v) is 7.51. The fraction of sp³-hybridized carbons (Fsp3) is 0.579. The Kier molecular flexibility index (Phi) is 6.51. The Morgan fingerprint density at radius 2 is 1.65 bits per heavy atom. The summed E-state index contributed by atoms with van der Waals surface area (Å²) in [5.41, 5.74) is 0.751. The van der Waals surface area contributed by atoms with Gasteiger partial charge in [-0.3, -0.25) is 19.4 Å². The number of rotatable bonds is 5. The number of hydrogen-bond acceptors (Lipinski definition) is 4. The number of carbonyl (C=O) groups excluding carboxylic acids is 2. The normalized spacial score (nSPS) is 20.2. The third-order valence-electron chi connectivity index (χ3n) is 5.26. The molecule has 2 saturated heterocycles. The second kappa shape index (κ2) is 8.84. The van der Waals surface area contributed by atoms with Gasteiger partial charge in [-0.15, -0.1) is 0 Å². The third-order valence-corrected chi connectivity index (χ3v) is 5.52. The van der Waals surface area contributed by atoms with E-state index >= 15 is 0 Å². The summed E-state index contributed by atoms with van der Waals surface area (Å²) in [6.07, 6.45) is 2.25. The number of anilines is 1. The van der Waals surface area contributed by atoms with Gasteiger partial charge in [0, 0.05) is 50.0 Å². The summed E-state index contributed by atoms with van der Waals surface area (Å²) < 4.78 is 0. The molecule has 0 spiro atoms. The van der Waals surface area contributed by atoms with E-state index in [1.165, 1.54) is 0 Å². The van der Waals surface area contributed by atoms with Gasteiger partial charge in [-0.25, -0.2) is 0 Å². The summed E-state index contributed by atoms with van der Waals surface area (Å²) in [5.74, 6) is 0.221. The SMILES string of the molecule is C[C@@H](C(=O)Nc1ccc(Cl)cc1)N1CCN(CC(=O)N2CCCC2)CC1. The van der Waals surface area contributed by atoms with Gasteiger partial charge in [-0.2, -0.15) is 0 Å². The molecule has 0 aromatic heterocycles. The van der Waals surface area contributed by atoms with Crippen molar-refractivity contribution in [3.05, 3.63) is 29.3 Å². The zero-order valence-corrected chi connectivity index (χ0v) is 16.0. The molecule has 2 amide bonds. The van der Waals surface area contributed by atoms with Crippen LogP contribution in [0.1, 0.15) is 19.8 Å². The monoisotopic (exact) mass is 378 g/mol. The smallest absolute Gasteiger partial charge is 0.241 e. The number of benzene rings is 1. The van der Waals surface area contributed by atoms with E-state index in [2.05, 4.69) is 15.1 Å². The molecule has 0 aliphatic carbocycles. The van der Waals surface area contributed by atoms with Gasteiger partial charge in [0.15, 0.2) is 0 Å². The van der Waals surface area contributed by atoms with Crippen molar-refractivity contribution < 1.29 is 9.59 Å². The van der Waals surface area contributed by atoms with Gasteiger partial charge in [0.2, 0.25) is 11.8 Å². The zero-order chi connectivity index (χ0) is 18.5. The quantitative estimate of drug-likeness (QED) is 0.850. The highest BCUT2D eigenvalue weighted by molar-refractivity contribution is 6.30.